The molecule has 0 N–H and O–H groups in total. The molecule has 0 aromatic heterocycles. The van der Waals surface area contributed by atoms with Gasteiger partial charge in [-0.05, 0) is 33.6 Å². The molecule has 1 saturated heterocycles. The molecule has 1 aliphatic rings. The predicted octanol–water partition coefficient (Wildman–Crippen LogP) is 2.97. The fourth-order valence-electron chi connectivity index (χ4n) is 2.51. The number of hydrogen-bond acceptors (Lipinski definition) is 5. The molecular formula is C18H29NO5Si. The minimum Gasteiger partial charge on any atom is -0.467 e. The van der Waals surface area contributed by atoms with Gasteiger partial charge in [0.1, 0.15) is 19.7 Å². The van der Waals surface area contributed by atoms with Crippen LogP contribution in [0.3, 0.4) is 0 Å². The molecule has 0 aromatic rings. The van der Waals surface area contributed by atoms with Crippen molar-refractivity contribution in [3.05, 3.63) is 0 Å². The first-order chi connectivity index (χ1) is 11.4. The number of ether oxygens (including phenoxy) is 2. The van der Waals surface area contributed by atoms with Crippen LogP contribution < -0.4 is 0 Å². The lowest BCUT2D eigenvalue weighted by Gasteiger charge is -2.26. The number of carbonyl (C=O) groups excluding carboxylic acids is 3. The van der Waals surface area contributed by atoms with E-state index in [1.165, 1.54) is 7.11 Å². The highest BCUT2D eigenvalue weighted by molar-refractivity contribution is 6.83. The molecular weight excluding hydrogens is 338 g/mol. The molecule has 0 aliphatic carbocycles. The molecule has 1 aliphatic heterocycles. The fourth-order valence-corrected chi connectivity index (χ4v) is 3.16. The molecule has 2 atom stereocenters. The van der Waals surface area contributed by atoms with Gasteiger partial charge >= 0.3 is 12.1 Å². The second kappa shape index (κ2) is 8.04. The molecule has 25 heavy (non-hydrogen) atoms. The van der Waals surface area contributed by atoms with Crippen molar-refractivity contribution in [1.29, 1.82) is 0 Å². The van der Waals surface area contributed by atoms with Crippen molar-refractivity contribution in [3.8, 4) is 11.5 Å². The number of rotatable bonds is 3. The van der Waals surface area contributed by atoms with Crippen LogP contribution in [0.4, 0.5) is 4.79 Å². The summed E-state index contributed by atoms with van der Waals surface area (Å²) in [6.07, 6.45) is 0.530. The smallest absolute Gasteiger partial charge is 0.417 e. The number of amides is 2. The first kappa shape index (κ1) is 21.2. The van der Waals surface area contributed by atoms with Gasteiger partial charge in [0.15, 0.2) is 0 Å². The average molecular weight is 368 g/mol. The largest absolute Gasteiger partial charge is 0.467 e. The number of imide groups is 1. The molecule has 1 rings (SSSR count). The molecule has 6 nitrogen and oxygen atoms in total. The first-order valence-electron chi connectivity index (χ1n) is 8.49. The fraction of sp³-hybridized carbons (Fsp3) is 0.722. The SMILES string of the molecule is COC(=O)[C@@H]1C[C@H](CCC#C[Si](C)(C)C)C(=O)N1C(=O)OC(C)(C)C. The minimum absolute atomic E-state index is 0.249. The van der Waals surface area contributed by atoms with Crippen LogP contribution in [0, 0.1) is 17.4 Å². The zero-order valence-corrected chi connectivity index (χ0v) is 17.3. The normalized spacial score (nSPS) is 20.8. The second-order valence-corrected chi connectivity index (χ2v) is 13.0. The molecule has 7 heteroatoms. The summed E-state index contributed by atoms with van der Waals surface area (Å²) in [5, 5.41) is 0. The summed E-state index contributed by atoms with van der Waals surface area (Å²) in [5.41, 5.74) is 2.50. The molecule has 0 spiro atoms. The Labute approximate surface area is 151 Å². The summed E-state index contributed by atoms with van der Waals surface area (Å²) in [7, 11) is -0.208. The molecule has 1 fully saturated rings. The number of likely N-dealkylation sites (tertiary alicyclic amines) is 1. The Bertz CT molecular complexity index is 591. The van der Waals surface area contributed by atoms with Crippen molar-refractivity contribution in [2.45, 2.75) is 71.3 Å². The van der Waals surface area contributed by atoms with Crippen molar-refractivity contribution < 1.29 is 23.9 Å². The molecule has 0 aromatic carbocycles. The van der Waals surface area contributed by atoms with Crippen LogP contribution in [0.2, 0.25) is 19.6 Å². The van der Waals surface area contributed by atoms with E-state index in [-0.39, 0.29) is 12.3 Å². The van der Waals surface area contributed by atoms with Gasteiger partial charge in [-0.3, -0.25) is 4.79 Å². The molecule has 0 bridgehead atoms. The van der Waals surface area contributed by atoms with Crippen molar-refractivity contribution in [2.24, 2.45) is 5.92 Å². The Balaban J connectivity index is 2.88. The van der Waals surface area contributed by atoms with Crippen LogP contribution in [0.25, 0.3) is 0 Å². The lowest BCUT2D eigenvalue weighted by molar-refractivity contribution is -0.148. The Kier molecular flexibility index (Phi) is 6.83. The van der Waals surface area contributed by atoms with E-state index in [0.29, 0.717) is 12.8 Å². The van der Waals surface area contributed by atoms with E-state index in [2.05, 4.69) is 31.1 Å². The lowest BCUT2D eigenvalue weighted by atomic mass is 9.99. The zero-order valence-electron chi connectivity index (χ0n) is 16.3. The number of methoxy groups -OCH3 is 1. The third-order valence-electron chi connectivity index (χ3n) is 3.55. The van der Waals surface area contributed by atoms with Gasteiger partial charge in [-0.15, -0.1) is 11.5 Å². The highest BCUT2D eigenvalue weighted by Gasteiger charge is 2.48. The van der Waals surface area contributed by atoms with E-state index < -0.39 is 37.7 Å². The Hall–Kier alpha value is -1.81. The quantitative estimate of drug-likeness (QED) is 0.436. The molecule has 2 amide bonds. The number of nitrogens with zero attached hydrogens (tertiary/aromatic N) is 1. The van der Waals surface area contributed by atoms with Crippen molar-refractivity contribution in [2.75, 3.05) is 7.11 Å². The first-order valence-corrected chi connectivity index (χ1v) is 12.0. The predicted molar refractivity (Wildman–Crippen MR) is 97.3 cm³/mol. The van der Waals surface area contributed by atoms with Gasteiger partial charge in [-0.1, -0.05) is 19.6 Å². The van der Waals surface area contributed by atoms with Gasteiger partial charge in [0.05, 0.1) is 7.11 Å². The van der Waals surface area contributed by atoms with Gasteiger partial charge in [0, 0.05) is 12.3 Å². The molecule has 1 heterocycles. The van der Waals surface area contributed by atoms with Crippen LogP contribution in [-0.2, 0) is 19.1 Å². The topological polar surface area (TPSA) is 72.9 Å². The van der Waals surface area contributed by atoms with E-state index >= 15 is 0 Å². The average Bonchev–Trinajstić information content (AvgIpc) is 2.77. The van der Waals surface area contributed by atoms with Crippen molar-refractivity contribution in [3.63, 3.8) is 0 Å². The lowest BCUT2D eigenvalue weighted by Crippen LogP contribution is -2.46. The number of esters is 1. The number of carbonyl (C=O) groups is 3. The third-order valence-corrected chi connectivity index (χ3v) is 4.48. The van der Waals surface area contributed by atoms with Crippen LogP contribution in [0.1, 0.15) is 40.0 Å². The van der Waals surface area contributed by atoms with E-state index in [0.717, 1.165) is 4.90 Å². The van der Waals surface area contributed by atoms with E-state index in [1.54, 1.807) is 20.8 Å². The van der Waals surface area contributed by atoms with Crippen LogP contribution in [0.15, 0.2) is 0 Å². The summed E-state index contributed by atoms with van der Waals surface area (Å²) < 4.78 is 10.0. The Morgan fingerprint density at radius 1 is 1.28 bits per heavy atom. The maximum Gasteiger partial charge on any atom is 0.417 e. The summed E-state index contributed by atoms with van der Waals surface area (Å²) in [4.78, 5) is 37.9. The van der Waals surface area contributed by atoms with Crippen LogP contribution in [-0.4, -0.2) is 49.7 Å². The number of hydrogen-bond donors (Lipinski definition) is 0. The van der Waals surface area contributed by atoms with Gasteiger partial charge in [-0.25, -0.2) is 14.5 Å². The maximum absolute atomic E-state index is 12.6. The van der Waals surface area contributed by atoms with E-state index in [9.17, 15) is 14.4 Å². The molecule has 0 saturated carbocycles. The zero-order chi connectivity index (χ0) is 19.4. The molecule has 140 valence electrons. The Morgan fingerprint density at radius 2 is 1.88 bits per heavy atom. The monoisotopic (exact) mass is 367 g/mol. The summed E-state index contributed by atoms with van der Waals surface area (Å²) in [6.45, 7) is 11.6. The summed E-state index contributed by atoms with van der Waals surface area (Å²) in [5.74, 6) is 1.71. The van der Waals surface area contributed by atoms with Crippen LogP contribution in [0.5, 0.6) is 0 Å². The van der Waals surface area contributed by atoms with Gasteiger partial charge in [0.2, 0.25) is 5.91 Å². The second-order valence-electron chi connectivity index (χ2n) is 8.25. The summed E-state index contributed by atoms with van der Waals surface area (Å²) >= 11 is 0. The highest BCUT2D eigenvalue weighted by Crippen LogP contribution is 2.30. The van der Waals surface area contributed by atoms with Gasteiger partial charge in [0.25, 0.3) is 0 Å². The van der Waals surface area contributed by atoms with Crippen molar-refractivity contribution in [1.82, 2.24) is 4.90 Å². The van der Waals surface area contributed by atoms with Gasteiger partial charge in [-0.2, -0.15) is 0 Å². The van der Waals surface area contributed by atoms with E-state index in [4.69, 9.17) is 9.47 Å². The van der Waals surface area contributed by atoms with Gasteiger partial charge < -0.3 is 9.47 Å². The molecule has 0 unspecified atom stereocenters. The standard InChI is InChI=1S/C18H29NO5Si/c1-18(2,3)24-17(22)19-14(16(21)23-4)12-13(15(19)20)10-8-9-11-25(5,6)7/h13-14H,8,10,12H2,1-7H3/t13-,14-/m0/s1. The van der Waals surface area contributed by atoms with E-state index in [1.807, 2.05) is 0 Å². The minimum atomic E-state index is -1.45. The highest BCUT2D eigenvalue weighted by atomic mass is 28.3. The van der Waals surface area contributed by atoms with Crippen LogP contribution >= 0.6 is 0 Å². The molecule has 0 radical (unpaired) electrons. The van der Waals surface area contributed by atoms with Crippen molar-refractivity contribution >= 4 is 26.0 Å². The Morgan fingerprint density at radius 3 is 2.36 bits per heavy atom. The third kappa shape index (κ3) is 6.54. The summed E-state index contributed by atoms with van der Waals surface area (Å²) in [6, 6.07) is -0.928. The maximum atomic E-state index is 12.6.